The first kappa shape index (κ1) is 17.8. The fourth-order valence-corrected chi connectivity index (χ4v) is 2.63. The largest absolute Gasteiger partial charge is 0.394 e. The third-order valence-electron chi connectivity index (χ3n) is 3.84. The molecule has 0 amide bonds. The SMILES string of the molecule is CCC(OCCN)c1cn([C@H]2C[C@H](O)[C@@H](CO)O2)c(=O)[nH]c1=O. The number of hydrogen-bond donors (Lipinski definition) is 4. The van der Waals surface area contributed by atoms with Crippen molar-refractivity contribution in [1.82, 2.24) is 9.55 Å². The molecular formula is C14H23N3O6. The van der Waals surface area contributed by atoms with E-state index in [0.717, 1.165) is 0 Å². The van der Waals surface area contributed by atoms with Crippen LogP contribution < -0.4 is 17.0 Å². The molecule has 0 saturated carbocycles. The van der Waals surface area contributed by atoms with Gasteiger partial charge < -0.3 is 25.4 Å². The van der Waals surface area contributed by atoms with Gasteiger partial charge in [-0.2, -0.15) is 0 Å². The summed E-state index contributed by atoms with van der Waals surface area (Å²) in [5, 5.41) is 18.9. The van der Waals surface area contributed by atoms with Crippen molar-refractivity contribution in [2.24, 2.45) is 5.73 Å². The van der Waals surface area contributed by atoms with Gasteiger partial charge in [-0.25, -0.2) is 4.79 Å². The van der Waals surface area contributed by atoms with Crippen LogP contribution in [0.2, 0.25) is 0 Å². The second-order valence-electron chi connectivity index (χ2n) is 5.42. The van der Waals surface area contributed by atoms with Crippen LogP contribution in [0.3, 0.4) is 0 Å². The highest BCUT2D eigenvalue weighted by molar-refractivity contribution is 5.09. The van der Waals surface area contributed by atoms with Crippen LogP contribution in [0.25, 0.3) is 0 Å². The topological polar surface area (TPSA) is 140 Å². The van der Waals surface area contributed by atoms with Gasteiger partial charge in [-0.15, -0.1) is 0 Å². The van der Waals surface area contributed by atoms with Crippen molar-refractivity contribution in [2.45, 2.75) is 44.3 Å². The number of hydrogen-bond acceptors (Lipinski definition) is 7. The zero-order valence-corrected chi connectivity index (χ0v) is 13.0. The fraction of sp³-hybridized carbons (Fsp3) is 0.714. The van der Waals surface area contributed by atoms with Gasteiger partial charge in [0, 0.05) is 19.2 Å². The first-order valence-electron chi connectivity index (χ1n) is 7.63. The van der Waals surface area contributed by atoms with E-state index >= 15 is 0 Å². The fourth-order valence-electron chi connectivity index (χ4n) is 2.63. The molecule has 1 aliphatic rings. The summed E-state index contributed by atoms with van der Waals surface area (Å²) >= 11 is 0. The molecule has 0 aromatic carbocycles. The number of aliphatic hydroxyl groups is 2. The molecule has 1 saturated heterocycles. The Labute approximate surface area is 132 Å². The lowest BCUT2D eigenvalue weighted by molar-refractivity contribution is -0.0463. The molecule has 1 aliphatic heterocycles. The highest BCUT2D eigenvalue weighted by atomic mass is 16.5. The molecule has 1 unspecified atom stereocenters. The molecule has 130 valence electrons. The van der Waals surface area contributed by atoms with Crippen LogP contribution in [-0.4, -0.2) is 51.7 Å². The molecule has 0 radical (unpaired) electrons. The first-order valence-corrected chi connectivity index (χ1v) is 7.63. The van der Waals surface area contributed by atoms with Gasteiger partial charge in [-0.05, 0) is 6.42 Å². The first-order chi connectivity index (χ1) is 11.0. The highest BCUT2D eigenvalue weighted by Gasteiger charge is 2.35. The monoisotopic (exact) mass is 329 g/mol. The third kappa shape index (κ3) is 3.88. The van der Waals surface area contributed by atoms with Crippen LogP contribution in [-0.2, 0) is 9.47 Å². The molecule has 0 spiro atoms. The summed E-state index contributed by atoms with van der Waals surface area (Å²) < 4.78 is 12.2. The molecule has 4 atom stereocenters. The number of aromatic nitrogens is 2. The predicted molar refractivity (Wildman–Crippen MR) is 81.0 cm³/mol. The second-order valence-corrected chi connectivity index (χ2v) is 5.42. The molecule has 9 nitrogen and oxygen atoms in total. The van der Waals surface area contributed by atoms with E-state index in [0.29, 0.717) is 25.1 Å². The van der Waals surface area contributed by atoms with Crippen LogP contribution in [0.15, 0.2) is 15.8 Å². The number of H-pyrrole nitrogens is 1. The van der Waals surface area contributed by atoms with Gasteiger partial charge in [0.1, 0.15) is 12.3 Å². The number of aromatic amines is 1. The molecule has 2 heterocycles. The van der Waals surface area contributed by atoms with Crippen LogP contribution in [0.1, 0.15) is 37.7 Å². The van der Waals surface area contributed by atoms with Crippen molar-refractivity contribution in [3.8, 4) is 0 Å². The van der Waals surface area contributed by atoms with Crippen LogP contribution in [0.4, 0.5) is 0 Å². The van der Waals surface area contributed by atoms with E-state index in [9.17, 15) is 14.7 Å². The maximum absolute atomic E-state index is 12.0. The molecule has 0 bridgehead atoms. The quantitative estimate of drug-likeness (QED) is 0.482. The normalized spacial score (nSPS) is 25.7. The van der Waals surface area contributed by atoms with Gasteiger partial charge in [0.2, 0.25) is 0 Å². The Morgan fingerprint density at radius 1 is 1.57 bits per heavy atom. The molecule has 2 rings (SSSR count). The highest BCUT2D eigenvalue weighted by Crippen LogP contribution is 2.28. The lowest BCUT2D eigenvalue weighted by Gasteiger charge is -2.19. The maximum atomic E-state index is 12.0. The number of aliphatic hydroxyl groups excluding tert-OH is 2. The smallest absolute Gasteiger partial charge is 0.330 e. The van der Waals surface area contributed by atoms with E-state index in [1.165, 1.54) is 10.8 Å². The van der Waals surface area contributed by atoms with Crippen LogP contribution >= 0.6 is 0 Å². The van der Waals surface area contributed by atoms with E-state index in [1.54, 1.807) is 0 Å². The number of rotatable bonds is 7. The number of nitrogens with two attached hydrogens (primary N) is 1. The Bertz CT molecular complexity index is 628. The Morgan fingerprint density at radius 3 is 2.87 bits per heavy atom. The Hall–Kier alpha value is -1.52. The molecule has 1 aromatic rings. The summed E-state index contributed by atoms with van der Waals surface area (Å²) in [4.78, 5) is 26.3. The van der Waals surface area contributed by atoms with Crippen molar-refractivity contribution in [1.29, 1.82) is 0 Å². The van der Waals surface area contributed by atoms with E-state index in [4.69, 9.17) is 20.3 Å². The van der Waals surface area contributed by atoms with Crippen molar-refractivity contribution >= 4 is 0 Å². The van der Waals surface area contributed by atoms with Gasteiger partial charge in [-0.3, -0.25) is 14.3 Å². The zero-order valence-electron chi connectivity index (χ0n) is 13.0. The third-order valence-corrected chi connectivity index (χ3v) is 3.84. The summed E-state index contributed by atoms with van der Waals surface area (Å²) in [5.74, 6) is 0. The van der Waals surface area contributed by atoms with Crippen LogP contribution in [0.5, 0.6) is 0 Å². The predicted octanol–water partition coefficient (Wildman–Crippen LogP) is -1.40. The Balaban J connectivity index is 2.33. The van der Waals surface area contributed by atoms with Gasteiger partial charge in [0.05, 0.1) is 31.0 Å². The Morgan fingerprint density at radius 2 is 2.30 bits per heavy atom. The average molecular weight is 329 g/mol. The molecule has 1 fully saturated rings. The van der Waals surface area contributed by atoms with Gasteiger partial charge in [0.15, 0.2) is 0 Å². The van der Waals surface area contributed by atoms with E-state index in [-0.39, 0.29) is 13.0 Å². The number of nitrogens with one attached hydrogen (secondary N) is 1. The van der Waals surface area contributed by atoms with Crippen molar-refractivity contribution in [2.75, 3.05) is 19.8 Å². The van der Waals surface area contributed by atoms with E-state index in [2.05, 4.69) is 4.98 Å². The summed E-state index contributed by atoms with van der Waals surface area (Å²) in [7, 11) is 0. The molecule has 1 aromatic heterocycles. The molecule has 23 heavy (non-hydrogen) atoms. The molecule has 5 N–H and O–H groups in total. The van der Waals surface area contributed by atoms with Gasteiger partial charge in [0.25, 0.3) is 5.56 Å². The minimum Gasteiger partial charge on any atom is -0.394 e. The standard InChI is InChI=1S/C14H23N3O6/c1-2-10(22-4-3-15)8-6-17(14(21)16-13(8)20)12-5-9(19)11(7-18)23-12/h6,9-12,18-19H,2-5,7,15H2,1H3,(H,16,20,21)/t9-,10?,11+,12+/m0/s1. The zero-order chi connectivity index (χ0) is 17.0. The average Bonchev–Trinajstić information content (AvgIpc) is 2.90. The van der Waals surface area contributed by atoms with Crippen molar-refractivity contribution in [3.63, 3.8) is 0 Å². The van der Waals surface area contributed by atoms with E-state index < -0.39 is 35.8 Å². The lowest BCUT2D eigenvalue weighted by Crippen LogP contribution is -2.35. The molecular weight excluding hydrogens is 306 g/mol. The van der Waals surface area contributed by atoms with Gasteiger partial charge >= 0.3 is 5.69 Å². The number of ether oxygens (including phenoxy) is 2. The minimum absolute atomic E-state index is 0.150. The lowest BCUT2D eigenvalue weighted by atomic mass is 10.1. The van der Waals surface area contributed by atoms with Gasteiger partial charge in [-0.1, -0.05) is 6.92 Å². The van der Waals surface area contributed by atoms with Crippen molar-refractivity contribution < 1.29 is 19.7 Å². The van der Waals surface area contributed by atoms with Crippen molar-refractivity contribution in [3.05, 3.63) is 32.6 Å². The summed E-state index contributed by atoms with van der Waals surface area (Å²) in [6.45, 7) is 2.12. The van der Waals surface area contributed by atoms with E-state index in [1.807, 2.05) is 6.92 Å². The minimum atomic E-state index is -0.872. The molecule has 0 aliphatic carbocycles. The maximum Gasteiger partial charge on any atom is 0.330 e. The second kappa shape index (κ2) is 7.84. The summed E-state index contributed by atoms with van der Waals surface area (Å²) in [5.41, 5.74) is 4.55. The van der Waals surface area contributed by atoms with Crippen LogP contribution in [0, 0.1) is 0 Å². The number of nitrogens with zero attached hydrogens (tertiary/aromatic N) is 1. The summed E-state index contributed by atoms with van der Waals surface area (Å²) in [6, 6.07) is 0. The summed E-state index contributed by atoms with van der Waals surface area (Å²) in [6.07, 6.45) is -0.791. The molecule has 9 heteroatoms. The Kier molecular flexibility index (Phi) is 6.08.